The van der Waals surface area contributed by atoms with Crippen molar-refractivity contribution in [2.75, 3.05) is 26.2 Å². The topological polar surface area (TPSA) is 65.1 Å². The predicted molar refractivity (Wildman–Crippen MR) is 122 cm³/mol. The van der Waals surface area contributed by atoms with Crippen molar-refractivity contribution in [1.29, 1.82) is 0 Å². The number of aromatic amines is 1. The Morgan fingerprint density at radius 2 is 2.03 bits per heavy atom. The number of carbonyl (C=O) groups excluding carboxylic acids is 1. The summed E-state index contributed by atoms with van der Waals surface area (Å²) < 4.78 is 0. The molecule has 1 amide bonds. The van der Waals surface area contributed by atoms with Crippen LogP contribution in [-0.4, -0.2) is 56.8 Å². The van der Waals surface area contributed by atoms with Gasteiger partial charge in [0.25, 0.3) is 0 Å². The lowest BCUT2D eigenvalue weighted by Crippen LogP contribution is -2.37. The van der Waals surface area contributed by atoms with Gasteiger partial charge in [-0.3, -0.25) is 14.7 Å². The summed E-state index contributed by atoms with van der Waals surface area (Å²) in [6, 6.07) is 12.4. The molecule has 3 aromatic rings. The summed E-state index contributed by atoms with van der Waals surface area (Å²) in [6.07, 6.45) is 7.13. The molecule has 0 bridgehead atoms. The number of carbonyl (C=O) groups is 1. The summed E-state index contributed by atoms with van der Waals surface area (Å²) >= 11 is 0. The fraction of sp³-hybridized carbons (Fsp3) is 0.400. The number of aromatic nitrogens is 3. The van der Waals surface area contributed by atoms with Gasteiger partial charge in [0.05, 0.1) is 17.9 Å². The first-order valence-corrected chi connectivity index (χ1v) is 11.1. The number of benzene rings is 1. The Morgan fingerprint density at radius 1 is 1.16 bits per heavy atom. The number of pyridine rings is 1. The number of hydrogen-bond acceptors (Lipinski definition) is 4. The molecule has 31 heavy (non-hydrogen) atoms. The normalized spacial score (nSPS) is 17.7. The second-order valence-corrected chi connectivity index (χ2v) is 8.33. The fourth-order valence-corrected chi connectivity index (χ4v) is 4.42. The Bertz CT molecular complexity index is 1000. The SMILES string of the molecule is CCCN1CCN(Cc2nc[nH]c2C)C[C@@H](Cc2ccccc2-c2cccnc2)C1=O. The minimum Gasteiger partial charge on any atom is -0.348 e. The summed E-state index contributed by atoms with van der Waals surface area (Å²) in [5.41, 5.74) is 5.60. The third-order valence-corrected chi connectivity index (χ3v) is 6.08. The van der Waals surface area contributed by atoms with E-state index >= 15 is 0 Å². The lowest BCUT2D eigenvalue weighted by Gasteiger charge is -2.24. The molecule has 0 spiro atoms. The van der Waals surface area contributed by atoms with Gasteiger partial charge in [0.2, 0.25) is 5.91 Å². The molecule has 6 heteroatoms. The number of aryl methyl sites for hydroxylation is 1. The number of rotatable bonds is 7. The first kappa shape index (κ1) is 21.2. The zero-order chi connectivity index (χ0) is 21.6. The maximum Gasteiger partial charge on any atom is 0.227 e. The van der Waals surface area contributed by atoms with Crippen LogP contribution in [0.2, 0.25) is 0 Å². The van der Waals surface area contributed by atoms with Crippen LogP contribution >= 0.6 is 0 Å². The molecule has 0 radical (unpaired) electrons. The summed E-state index contributed by atoms with van der Waals surface area (Å²) in [6.45, 7) is 8.16. The van der Waals surface area contributed by atoms with E-state index in [1.165, 1.54) is 5.56 Å². The quantitative estimate of drug-likeness (QED) is 0.637. The van der Waals surface area contributed by atoms with Gasteiger partial charge in [0.1, 0.15) is 0 Å². The fourth-order valence-electron chi connectivity index (χ4n) is 4.42. The Labute approximate surface area is 184 Å². The smallest absolute Gasteiger partial charge is 0.227 e. The van der Waals surface area contributed by atoms with Gasteiger partial charge < -0.3 is 9.88 Å². The van der Waals surface area contributed by atoms with E-state index < -0.39 is 0 Å². The van der Waals surface area contributed by atoms with Gasteiger partial charge in [-0.05, 0) is 37.0 Å². The van der Waals surface area contributed by atoms with Crippen LogP contribution in [0.5, 0.6) is 0 Å². The van der Waals surface area contributed by atoms with E-state index in [1.54, 1.807) is 12.5 Å². The molecular weight excluding hydrogens is 386 g/mol. The van der Waals surface area contributed by atoms with Crippen molar-refractivity contribution in [3.63, 3.8) is 0 Å². The molecule has 1 N–H and O–H groups in total. The maximum absolute atomic E-state index is 13.5. The molecule has 162 valence electrons. The van der Waals surface area contributed by atoms with Gasteiger partial charge in [0, 0.05) is 56.4 Å². The Morgan fingerprint density at radius 3 is 2.77 bits per heavy atom. The number of hydrogen-bond donors (Lipinski definition) is 1. The van der Waals surface area contributed by atoms with Crippen molar-refractivity contribution < 1.29 is 4.79 Å². The van der Waals surface area contributed by atoms with Crippen LogP contribution in [0.1, 0.15) is 30.3 Å². The number of amides is 1. The van der Waals surface area contributed by atoms with E-state index in [0.29, 0.717) is 0 Å². The van der Waals surface area contributed by atoms with Crippen LogP contribution in [0.15, 0.2) is 55.1 Å². The van der Waals surface area contributed by atoms with Crippen LogP contribution in [0.4, 0.5) is 0 Å². The average Bonchev–Trinajstić information content (AvgIpc) is 3.14. The van der Waals surface area contributed by atoms with Crippen molar-refractivity contribution in [3.8, 4) is 11.1 Å². The van der Waals surface area contributed by atoms with Crippen molar-refractivity contribution in [3.05, 3.63) is 72.1 Å². The van der Waals surface area contributed by atoms with Crippen molar-refractivity contribution in [2.24, 2.45) is 5.92 Å². The van der Waals surface area contributed by atoms with E-state index in [4.69, 9.17) is 0 Å². The molecule has 1 fully saturated rings. The highest BCUT2D eigenvalue weighted by Crippen LogP contribution is 2.27. The first-order valence-electron chi connectivity index (χ1n) is 11.1. The molecule has 1 aliphatic rings. The van der Waals surface area contributed by atoms with Crippen LogP contribution in [-0.2, 0) is 17.8 Å². The van der Waals surface area contributed by atoms with Crippen LogP contribution < -0.4 is 0 Å². The molecule has 0 aliphatic carbocycles. The average molecular weight is 418 g/mol. The van der Waals surface area contributed by atoms with Gasteiger partial charge in [-0.25, -0.2) is 4.98 Å². The highest BCUT2D eigenvalue weighted by Gasteiger charge is 2.31. The Balaban J connectivity index is 1.60. The molecule has 1 aromatic carbocycles. The van der Waals surface area contributed by atoms with Crippen LogP contribution in [0.25, 0.3) is 11.1 Å². The summed E-state index contributed by atoms with van der Waals surface area (Å²) in [7, 11) is 0. The molecule has 4 rings (SSSR count). The number of nitrogens with one attached hydrogen (secondary N) is 1. The number of nitrogens with zero attached hydrogens (tertiary/aromatic N) is 4. The minimum absolute atomic E-state index is 0.0777. The van der Waals surface area contributed by atoms with E-state index in [-0.39, 0.29) is 11.8 Å². The third kappa shape index (κ3) is 5.02. The monoisotopic (exact) mass is 417 g/mol. The van der Waals surface area contributed by atoms with Crippen LogP contribution in [0, 0.1) is 12.8 Å². The zero-order valence-electron chi connectivity index (χ0n) is 18.4. The molecule has 1 saturated heterocycles. The van der Waals surface area contributed by atoms with Crippen molar-refractivity contribution in [2.45, 2.75) is 33.2 Å². The standard InChI is InChI=1S/C25H31N5O/c1-3-11-30-13-12-29(17-24-19(2)27-18-28-24)16-22(25(30)31)14-20-7-4-5-9-23(20)21-8-6-10-26-15-21/h4-10,15,18,22H,3,11-14,16-17H2,1-2H3,(H,27,28)/t22-/m1/s1. The predicted octanol–water partition coefficient (Wildman–Crippen LogP) is 3.69. The Hall–Kier alpha value is -2.99. The van der Waals surface area contributed by atoms with E-state index in [9.17, 15) is 4.79 Å². The number of H-pyrrole nitrogens is 1. The zero-order valence-corrected chi connectivity index (χ0v) is 18.4. The summed E-state index contributed by atoms with van der Waals surface area (Å²) in [5, 5.41) is 0. The molecule has 0 saturated carbocycles. The minimum atomic E-state index is -0.0777. The van der Waals surface area contributed by atoms with Gasteiger partial charge >= 0.3 is 0 Å². The molecule has 1 atom stereocenters. The lowest BCUT2D eigenvalue weighted by molar-refractivity contribution is -0.134. The second-order valence-electron chi connectivity index (χ2n) is 8.33. The van der Waals surface area contributed by atoms with Gasteiger partial charge in [-0.1, -0.05) is 37.3 Å². The first-order chi connectivity index (χ1) is 15.2. The summed E-state index contributed by atoms with van der Waals surface area (Å²) in [5.74, 6) is 0.190. The van der Waals surface area contributed by atoms with E-state index in [1.807, 2.05) is 12.3 Å². The highest BCUT2D eigenvalue weighted by molar-refractivity contribution is 5.80. The third-order valence-electron chi connectivity index (χ3n) is 6.08. The van der Waals surface area contributed by atoms with Gasteiger partial charge in [-0.15, -0.1) is 0 Å². The van der Waals surface area contributed by atoms with Crippen molar-refractivity contribution >= 4 is 5.91 Å². The molecule has 2 aromatic heterocycles. The summed E-state index contributed by atoms with van der Waals surface area (Å²) in [4.78, 5) is 29.8. The second kappa shape index (κ2) is 9.88. The molecule has 1 aliphatic heterocycles. The van der Waals surface area contributed by atoms with Gasteiger partial charge in [0.15, 0.2) is 0 Å². The van der Waals surface area contributed by atoms with Gasteiger partial charge in [-0.2, -0.15) is 0 Å². The maximum atomic E-state index is 13.5. The van der Waals surface area contributed by atoms with E-state index in [2.05, 4.69) is 68.9 Å². The van der Waals surface area contributed by atoms with Crippen molar-refractivity contribution in [1.82, 2.24) is 24.8 Å². The Kier molecular flexibility index (Phi) is 6.77. The lowest BCUT2D eigenvalue weighted by atomic mass is 9.91. The van der Waals surface area contributed by atoms with E-state index in [0.717, 1.165) is 68.1 Å². The molecular formula is C25H31N5O. The highest BCUT2D eigenvalue weighted by atomic mass is 16.2. The molecule has 6 nitrogen and oxygen atoms in total. The van der Waals surface area contributed by atoms with Crippen LogP contribution in [0.3, 0.4) is 0 Å². The molecule has 0 unspecified atom stereocenters. The largest absolute Gasteiger partial charge is 0.348 e. The number of imidazole rings is 1. The molecule has 3 heterocycles.